The summed E-state index contributed by atoms with van der Waals surface area (Å²) in [5, 5.41) is 21.5. The molecule has 0 radical (unpaired) electrons. The van der Waals surface area contributed by atoms with Crippen molar-refractivity contribution in [2.24, 2.45) is 11.8 Å². The molecule has 37 heavy (non-hydrogen) atoms. The van der Waals surface area contributed by atoms with E-state index in [2.05, 4.69) is 9.88 Å². The van der Waals surface area contributed by atoms with Crippen LogP contribution in [-0.4, -0.2) is 58.6 Å². The topological polar surface area (TPSA) is 82.9 Å². The van der Waals surface area contributed by atoms with Gasteiger partial charge in [0.15, 0.2) is 0 Å². The number of nitrogens with zero attached hydrogens (tertiary/aromatic N) is 2. The summed E-state index contributed by atoms with van der Waals surface area (Å²) in [5.74, 6) is 0.872. The van der Waals surface area contributed by atoms with Crippen molar-refractivity contribution in [3.8, 4) is 5.75 Å². The van der Waals surface area contributed by atoms with Gasteiger partial charge in [0.25, 0.3) is 0 Å². The average Bonchev–Trinajstić information content (AvgIpc) is 2.90. The van der Waals surface area contributed by atoms with Crippen molar-refractivity contribution in [1.29, 1.82) is 0 Å². The summed E-state index contributed by atoms with van der Waals surface area (Å²) in [4.78, 5) is 19.0. The van der Waals surface area contributed by atoms with Gasteiger partial charge >= 0.3 is 5.97 Å². The van der Waals surface area contributed by atoms with Gasteiger partial charge in [0, 0.05) is 29.4 Å². The van der Waals surface area contributed by atoms with E-state index in [0.29, 0.717) is 11.3 Å². The van der Waals surface area contributed by atoms with Gasteiger partial charge in [0.1, 0.15) is 11.6 Å². The van der Waals surface area contributed by atoms with E-state index >= 15 is 0 Å². The maximum absolute atomic E-state index is 13.8. The molecular formula is C29H35FN2O4S. The van der Waals surface area contributed by atoms with Crippen LogP contribution >= 0.6 is 11.8 Å². The van der Waals surface area contributed by atoms with E-state index in [1.807, 2.05) is 30.3 Å². The maximum Gasteiger partial charge on any atom is 0.303 e. The number of benzene rings is 2. The SMILES string of the molecule is COc1ccc2nccc(C(O)CC[C@@H]3CCN(CCCSc4ccccc4F)C[C@@H]3CC(=O)O)c2c1. The van der Waals surface area contributed by atoms with Gasteiger partial charge in [-0.2, -0.15) is 0 Å². The lowest BCUT2D eigenvalue weighted by Gasteiger charge is -2.38. The predicted octanol–water partition coefficient (Wildman–Crippen LogP) is 5.79. The molecule has 1 aliphatic rings. The number of aliphatic carboxylic acids is 1. The summed E-state index contributed by atoms with van der Waals surface area (Å²) < 4.78 is 19.2. The molecular weight excluding hydrogens is 491 g/mol. The minimum absolute atomic E-state index is 0.0481. The van der Waals surface area contributed by atoms with Crippen LogP contribution in [0.4, 0.5) is 4.39 Å². The number of ether oxygens (including phenoxy) is 1. The molecule has 1 fully saturated rings. The number of carboxylic acids is 1. The summed E-state index contributed by atoms with van der Waals surface area (Å²) in [6.07, 6.45) is 4.36. The van der Waals surface area contributed by atoms with E-state index < -0.39 is 12.1 Å². The first-order valence-electron chi connectivity index (χ1n) is 12.9. The molecule has 6 nitrogen and oxygen atoms in total. The quantitative estimate of drug-likeness (QED) is 0.228. The molecule has 0 saturated carbocycles. The lowest BCUT2D eigenvalue weighted by molar-refractivity contribution is -0.139. The predicted molar refractivity (Wildman–Crippen MR) is 145 cm³/mol. The van der Waals surface area contributed by atoms with E-state index in [4.69, 9.17) is 4.74 Å². The first kappa shape index (κ1) is 27.4. The number of carbonyl (C=O) groups is 1. The third kappa shape index (κ3) is 7.43. The van der Waals surface area contributed by atoms with Crippen molar-refractivity contribution in [3.63, 3.8) is 0 Å². The highest BCUT2D eigenvalue weighted by atomic mass is 32.2. The molecule has 2 heterocycles. The number of thioether (sulfide) groups is 1. The first-order chi connectivity index (χ1) is 17.9. The molecule has 1 unspecified atom stereocenters. The highest BCUT2D eigenvalue weighted by Gasteiger charge is 2.31. The van der Waals surface area contributed by atoms with Crippen LogP contribution in [-0.2, 0) is 4.79 Å². The molecule has 3 aromatic rings. The highest BCUT2D eigenvalue weighted by Crippen LogP contribution is 2.35. The fourth-order valence-electron chi connectivity index (χ4n) is 5.32. The number of aliphatic hydroxyl groups excluding tert-OH is 1. The third-order valence-electron chi connectivity index (χ3n) is 7.28. The molecule has 8 heteroatoms. The average molecular weight is 527 g/mol. The zero-order valence-electron chi connectivity index (χ0n) is 21.2. The van der Waals surface area contributed by atoms with Gasteiger partial charge < -0.3 is 19.8 Å². The molecule has 198 valence electrons. The molecule has 0 aliphatic carbocycles. The normalized spacial score (nSPS) is 19.1. The van der Waals surface area contributed by atoms with E-state index in [-0.39, 0.29) is 24.1 Å². The Morgan fingerprint density at radius 3 is 2.86 bits per heavy atom. The van der Waals surface area contributed by atoms with Crippen LogP contribution in [0.25, 0.3) is 10.9 Å². The number of pyridine rings is 1. The van der Waals surface area contributed by atoms with Gasteiger partial charge in [-0.15, -0.1) is 11.8 Å². The number of hydrogen-bond acceptors (Lipinski definition) is 6. The fourth-order valence-corrected chi connectivity index (χ4v) is 6.19. The van der Waals surface area contributed by atoms with Crippen molar-refractivity contribution in [2.45, 2.75) is 43.1 Å². The lowest BCUT2D eigenvalue weighted by Crippen LogP contribution is -2.42. The number of hydrogen-bond donors (Lipinski definition) is 2. The summed E-state index contributed by atoms with van der Waals surface area (Å²) >= 11 is 1.52. The van der Waals surface area contributed by atoms with Crippen LogP contribution in [0.5, 0.6) is 5.75 Å². The second kappa shape index (κ2) is 13.2. The summed E-state index contributed by atoms with van der Waals surface area (Å²) in [6, 6.07) is 14.3. The van der Waals surface area contributed by atoms with Gasteiger partial charge in [-0.05, 0) is 98.3 Å². The Bertz CT molecular complexity index is 1190. The number of methoxy groups -OCH3 is 1. The zero-order chi connectivity index (χ0) is 26.2. The van der Waals surface area contributed by atoms with Crippen molar-refractivity contribution < 1.29 is 24.1 Å². The number of likely N-dealkylation sites (tertiary alicyclic amines) is 1. The van der Waals surface area contributed by atoms with Gasteiger partial charge in [-0.25, -0.2) is 4.39 Å². The monoisotopic (exact) mass is 526 g/mol. The van der Waals surface area contributed by atoms with Crippen LogP contribution in [0, 0.1) is 17.7 Å². The lowest BCUT2D eigenvalue weighted by atomic mass is 9.79. The highest BCUT2D eigenvalue weighted by molar-refractivity contribution is 7.99. The number of halogens is 1. The van der Waals surface area contributed by atoms with Crippen molar-refractivity contribution in [1.82, 2.24) is 9.88 Å². The Morgan fingerprint density at radius 2 is 2.08 bits per heavy atom. The Labute approximate surface area is 221 Å². The van der Waals surface area contributed by atoms with Crippen molar-refractivity contribution >= 4 is 28.6 Å². The molecule has 1 saturated heterocycles. The first-order valence-corrected chi connectivity index (χ1v) is 13.9. The van der Waals surface area contributed by atoms with Crippen molar-refractivity contribution in [2.75, 3.05) is 32.5 Å². The maximum atomic E-state index is 13.8. The number of fused-ring (bicyclic) bond motifs is 1. The summed E-state index contributed by atoms with van der Waals surface area (Å²) in [5.41, 5.74) is 1.63. The molecule has 0 spiro atoms. The number of aliphatic hydroxyl groups is 1. The minimum atomic E-state index is -0.778. The van der Waals surface area contributed by atoms with Crippen LogP contribution in [0.15, 0.2) is 59.6 Å². The summed E-state index contributed by atoms with van der Waals surface area (Å²) in [7, 11) is 1.62. The Balaban J connectivity index is 1.31. The third-order valence-corrected chi connectivity index (χ3v) is 8.41. The molecule has 1 aliphatic heterocycles. The number of rotatable bonds is 12. The smallest absolute Gasteiger partial charge is 0.303 e. The van der Waals surface area contributed by atoms with E-state index in [1.54, 1.807) is 25.4 Å². The van der Waals surface area contributed by atoms with Gasteiger partial charge in [0.05, 0.1) is 18.7 Å². The fraction of sp³-hybridized carbons (Fsp3) is 0.448. The number of aromatic nitrogens is 1. The number of carboxylic acid groups (broad SMARTS) is 1. The Morgan fingerprint density at radius 1 is 1.24 bits per heavy atom. The van der Waals surface area contributed by atoms with Gasteiger partial charge in [-0.1, -0.05) is 12.1 Å². The molecule has 3 atom stereocenters. The van der Waals surface area contributed by atoms with Crippen LogP contribution < -0.4 is 4.74 Å². The molecule has 4 rings (SSSR count). The van der Waals surface area contributed by atoms with E-state index in [9.17, 15) is 19.4 Å². The van der Waals surface area contributed by atoms with Crippen molar-refractivity contribution in [3.05, 3.63) is 66.1 Å². The van der Waals surface area contributed by atoms with E-state index in [1.165, 1.54) is 17.8 Å². The molecule has 2 N–H and O–H groups in total. The van der Waals surface area contributed by atoms with E-state index in [0.717, 1.165) is 66.9 Å². The zero-order valence-corrected chi connectivity index (χ0v) is 22.0. The molecule has 1 aromatic heterocycles. The molecule has 0 amide bonds. The largest absolute Gasteiger partial charge is 0.497 e. The summed E-state index contributed by atoms with van der Waals surface area (Å²) in [6.45, 7) is 2.53. The van der Waals surface area contributed by atoms with Crippen LogP contribution in [0.2, 0.25) is 0 Å². The standard InChI is InChI=1S/C29H35FN2O4S/c1-36-22-8-9-26-24(18-22)23(11-13-31-26)27(33)10-7-20-12-15-32(19-21(20)17-29(34)35)14-4-16-37-28-6-3-2-5-25(28)30/h2-3,5-6,8-9,11,13,18,20-21,27,33H,4,7,10,12,14-17,19H2,1H3,(H,34,35)/t20-,21+,27?/m1/s1. The molecule has 2 aromatic carbocycles. The minimum Gasteiger partial charge on any atom is -0.497 e. The Hall–Kier alpha value is -2.68. The van der Waals surface area contributed by atoms with Gasteiger partial charge in [0.2, 0.25) is 0 Å². The second-order valence-corrected chi connectivity index (χ2v) is 10.9. The van der Waals surface area contributed by atoms with Gasteiger partial charge in [-0.3, -0.25) is 9.78 Å². The number of piperidine rings is 1. The van der Waals surface area contributed by atoms with Crippen LogP contribution in [0.1, 0.15) is 43.8 Å². The second-order valence-electron chi connectivity index (χ2n) is 9.72. The van der Waals surface area contributed by atoms with Crippen LogP contribution in [0.3, 0.4) is 0 Å². The molecule has 0 bridgehead atoms. The Kier molecular flexibility index (Phi) is 9.77.